The summed E-state index contributed by atoms with van der Waals surface area (Å²) in [5.74, 6) is 1.31. The molecule has 3 rings (SSSR count). The maximum absolute atomic E-state index is 11.7. The number of carbonyl (C=O) groups excluding carboxylic acids is 1. The predicted molar refractivity (Wildman–Crippen MR) is 108 cm³/mol. The fraction of sp³-hybridized carbons (Fsp3) is 0.300. The number of methoxy groups -OCH3 is 1. The molecule has 2 N–H and O–H groups in total. The molecule has 0 saturated heterocycles. The van der Waals surface area contributed by atoms with Crippen molar-refractivity contribution in [3.63, 3.8) is 0 Å². The van der Waals surface area contributed by atoms with Crippen LogP contribution >= 0.6 is 0 Å². The first-order valence-electron chi connectivity index (χ1n) is 8.55. The van der Waals surface area contributed by atoms with E-state index in [9.17, 15) is 9.35 Å². The van der Waals surface area contributed by atoms with Gasteiger partial charge < -0.3 is 19.6 Å². The van der Waals surface area contributed by atoms with Crippen molar-refractivity contribution in [1.82, 2.24) is 15.3 Å². The quantitative estimate of drug-likeness (QED) is 0.483. The summed E-state index contributed by atoms with van der Waals surface area (Å²) in [5, 5.41) is 2.75. The van der Waals surface area contributed by atoms with E-state index in [2.05, 4.69) is 24.1 Å². The minimum atomic E-state index is -1.08. The molecule has 1 heterocycles. The molecule has 27 heavy (non-hydrogen) atoms. The standard InChI is InChI=1S/C20H23N3O3S/c1-20(2,11-21-12-24)13-5-8-16-17(9-13)23-19(22-16)15-7-6-14(27(4)25)10-18(15)26-3/h5-10,12H,11H2,1-4H3,(H,21,24)(H,22,23). The number of aromatic amines is 1. The summed E-state index contributed by atoms with van der Waals surface area (Å²) in [7, 11) is 1.59. The largest absolute Gasteiger partial charge is 0.612 e. The van der Waals surface area contributed by atoms with Crippen molar-refractivity contribution in [3.8, 4) is 17.1 Å². The van der Waals surface area contributed by atoms with Crippen LogP contribution in [0.2, 0.25) is 0 Å². The van der Waals surface area contributed by atoms with Crippen molar-refractivity contribution < 1.29 is 14.1 Å². The summed E-state index contributed by atoms with van der Waals surface area (Å²) in [6.45, 7) is 4.69. The van der Waals surface area contributed by atoms with Gasteiger partial charge in [0.2, 0.25) is 6.41 Å². The monoisotopic (exact) mass is 385 g/mol. The molecule has 0 radical (unpaired) electrons. The highest BCUT2D eigenvalue weighted by atomic mass is 32.2. The van der Waals surface area contributed by atoms with Gasteiger partial charge in [-0.3, -0.25) is 4.79 Å². The zero-order valence-corrected chi connectivity index (χ0v) is 16.6. The maximum Gasteiger partial charge on any atom is 0.207 e. The molecule has 0 aliphatic heterocycles. The highest BCUT2D eigenvalue weighted by molar-refractivity contribution is 7.90. The lowest BCUT2D eigenvalue weighted by molar-refractivity contribution is -0.109. The Hall–Kier alpha value is -2.51. The molecule has 0 bridgehead atoms. The van der Waals surface area contributed by atoms with Gasteiger partial charge in [0, 0.05) is 18.0 Å². The molecule has 7 heteroatoms. The van der Waals surface area contributed by atoms with Crippen LogP contribution in [0.3, 0.4) is 0 Å². The van der Waals surface area contributed by atoms with Gasteiger partial charge in [-0.2, -0.15) is 0 Å². The molecular weight excluding hydrogens is 362 g/mol. The number of H-pyrrole nitrogens is 1. The number of fused-ring (bicyclic) bond motifs is 1. The van der Waals surface area contributed by atoms with Crippen molar-refractivity contribution in [2.75, 3.05) is 19.9 Å². The third kappa shape index (κ3) is 3.94. The van der Waals surface area contributed by atoms with E-state index in [0.717, 1.165) is 22.2 Å². The summed E-state index contributed by atoms with van der Waals surface area (Å²) in [4.78, 5) is 19.4. The van der Waals surface area contributed by atoms with Crippen LogP contribution in [-0.2, 0) is 21.4 Å². The van der Waals surface area contributed by atoms with E-state index in [0.29, 0.717) is 29.4 Å². The molecule has 1 amide bonds. The van der Waals surface area contributed by atoms with Gasteiger partial charge in [0.15, 0.2) is 4.90 Å². The SMILES string of the molecule is COc1cc([S+](C)[O-])ccc1-c1nc2cc(C(C)(C)CNC=O)ccc2[nH]1. The number of nitrogens with zero attached hydrogens (tertiary/aromatic N) is 1. The van der Waals surface area contributed by atoms with E-state index in [-0.39, 0.29) is 5.41 Å². The zero-order valence-electron chi connectivity index (χ0n) is 15.8. The van der Waals surface area contributed by atoms with E-state index in [1.165, 1.54) is 0 Å². The normalized spacial score (nSPS) is 12.8. The second-order valence-electron chi connectivity index (χ2n) is 7.02. The lowest BCUT2D eigenvalue weighted by Crippen LogP contribution is -2.32. The molecule has 0 aliphatic rings. The Bertz CT molecular complexity index is 966. The number of hydrogen-bond donors (Lipinski definition) is 2. The Morgan fingerprint density at radius 3 is 2.74 bits per heavy atom. The van der Waals surface area contributed by atoms with Gasteiger partial charge in [0.25, 0.3) is 0 Å². The molecule has 1 aromatic heterocycles. The van der Waals surface area contributed by atoms with Crippen LogP contribution < -0.4 is 10.1 Å². The van der Waals surface area contributed by atoms with E-state index in [1.54, 1.807) is 19.4 Å². The number of amides is 1. The van der Waals surface area contributed by atoms with Gasteiger partial charge in [-0.15, -0.1) is 0 Å². The number of nitrogens with one attached hydrogen (secondary N) is 2. The van der Waals surface area contributed by atoms with E-state index >= 15 is 0 Å². The lowest BCUT2D eigenvalue weighted by atomic mass is 9.84. The van der Waals surface area contributed by atoms with Crippen LogP contribution in [0, 0.1) is 0 Å². The topological polar surface area (TPSA) is 90.1 Å². The molecule has 6 nitrogen and oxygen atoms in total. The number of imidazole rings is 1. The van der Waals surface area contributed by atoms with E-state index in [4.69, 9.17) is 9.72 Å². The molecule has 0 spiro atoms. The molecule has 142 valence electrons. The minimum Gasteiger partial charge on any atom is -0.612 e. The Morgan fingerprint density at radius 1 is 1.30 bits per heavy atom. The zero-order chi connectivity index (χ0) is 19.6. The molecular formula is C20H23N3O3S. The number of rotatable bonds is 7. The smallest absolute Gasteiger partial charge is 0.207 e. The lowest BCUT2D eigenvalue weighted by Gasteiger charge is -2.24. The van der Waals surface area contributed by atoms with Gasteiger partial charge in [-0.05, 0) is 41.0 Å². The fourth-order valence-electron chi connectivity index (χ4n) is 3.00. The molecule has 0 fully saturated rings. The average Bonchev–Trinajstić information content (AvgIpc) is 3.08. The van der Waals surface area contributed by atoms with Crippen molar-refractivity contribution in [2.45, 2.75) is 24.2 Å². The number of carbonyl (C=O) groups is 1. The average molecular weight is 385 g/mol. The van der Waals surface area contributed by atoms with Crippen molar-refractivity contribution in [1.29, 1.82) is 0 Å². The predicted octanol–water partition coefficient (Wildman–Crippen LogP) is 3.00. The highest BCUT2D eigenvalue weighted by Gasteiger charge is 2.21. The van der Waals surface area contributed by atoms with Crippen molar-refractivity contribution in [3.05, 3.63) is 42.0 Å². The van der Waals surface area contributed by atoms with Crippen LogP contribution in [-0.4, -0.2) is 40.8 Å². The van der Waals surface area contributed by atoms with Gasteiger partial charge in [-0.25, -0.2) is 4.98 Å². The first-order valence-corrected chi connectivity index (χ1v) is 10.1. The summed E-state index contributed by atoms with van der Waals surface area (Å²) in [5.41, 5.74) is 3.45. The van der Waals surface area contributed by atoms with Crippen molar-refractivity contribution in [2.24, 2.45) is 0 Å². The van der Waals surface area contributed by atoms with Crippen LogP contribution in [0.5, 0.6) is 5.75 Å². The third-order valence-electron chi connectivity index (χ3n) is 4.65. The van der Waals surface area contributed by atoms with E-state index < -0.39 is 11.2 Å². The summed E-state index contributed by atoms with van der Waals surface area (Å²) >= 11 is -1.08. The molecule has 1 atom stereocenters. The second kappa shape index (κ2) is 7.62. The number of benzene rings is 2. The Labute approximate surface area is 161 Å². The first-order chi connectivity index (χ1) is 12.9. The molecule has 2 aromatic carbocycles. The number of aromatic nitrogens is 2. The second-order valence-corrected chi connectivity index (χ2v) is 8.40. The van der Waals surface area contributed by atoms with Gasteiger partial charge >= 0.3 is 0 Å². The maximum atomic E-state index is 11.7. The van der Waals surface area contributed by atoms with Crippen LogP contribution in [0.4, 0.5) is 0 Å². The van der Waals surface area contributed by atoms with Gasteiger partial charge in [-0.1, -0.05) is 19.9 Å². The van der Waals surface area contributed by atoms with Gasteiger partial charge in [0.05, 0.1) is 23.7 Å². The number of ether oxygens (including phenoxy) is 1. The molecule has 1 unspecified atom stereocenters. The molecule has 0 saturated carbocycles. The summed E-state index contributed by atoms with van der Waals surface area (Å²) < 4.78 is 17.2. The minimum absolute atomic E-state index is 0.210. The van der Waals surface area contributed by atoms with Crippen LogP contribution in [0.1, 0.15) is 19.4 Å². The number of hydrogen-bond acceptors (Lipinski definition) is 4. The van der Waals surface area contributed by atoms with E-state index in [1.807, 2.05) is 30.3 Å². The Balaban J connectivity index is 2.01. The van der Waals surface area contributed by atoms with Crippen molar-refractivity contribution >= 4 is 28.6 Å². The molecule has 0 aliphatic carbocycles. The van der Waals surface area contributed by atoms with Crippen LogP contribution in [0.25, 0.3) is 22.4 Å². The Kier molecular flexibility index (Phi) is 5.43. The summed E-state index contributed by atoms with van der Waals surface area (Å²) in [6.07, 6.45) is 2.35. The Morgan fingerprint density at radius 2 is 2.07 bits per heavy atom. The summed E-state index contributed by atoms with van der Waals surface area (Å²) in [6, 6.07) is 11.5. The first kappa shape index (κ1) is 19.3. The third-order valence-corrected chi connectivity index (χ3v) is 5.57. The highest BCUT2D eigenvalue weighted by Crippen LogP contribution is 2.33. The van der Waals surface area contributed by atoms with Gasteiger partial charge in [0.1, 0.15) is 17.8 Å². The van der Waals surface area contributed by atoms with Crippen LogP contribution in [0.15, 0.2) is 41.3 Å². The fourth-order valence-corrected chi connectivity index (χ4v) is 3.53. The molecule has 3 aromatic rings.